The second-order valence-electron chi connectivity index (χ2n) is 8.19. The van der Waals surface area contributed by atoms with Crippen LogP contribution >= 0.6 is 0 Å². The Hall–Kier alpha value is -1.10. The number of phenols is 1. The van der Waals surface area contributed by atoms with Crippen molar-refractivity contribution in [3.8, 4) is 5.75 Å². The lowest BCUT2D eigenvalue weighted by Crippen LogP contribution is -2.30. The van der Waals surface area contributed by atoms with E-state index in [-0.39, 0.29) is 29.8 Å². The fraction of sp³-hybridized carbons (Fsp3) is 0.684. The quantitative estimate of drug-likeness (QED) is 0.688. The number of nitrogens with zero attached hydrogens (tertiary/aromatic N) is 1. The normalized spacial score (nSPS) is 12.9. The molecule has 0 amide bonds. The molecule has 0 saturated heterocycles. The van der Waals surface area contributed by atoms with E-state index < -0.39 is 0 Å². The smallest absolute Gasteiger partial charge is 0.120 e. The Morgan fingerprint density at radius 1 is 0.957 bits per heavy atom. The van der Waals surface area contributed by atoms with Gasteiger partial charge in [0.05, 0.1) is 13.2 Å². The Bertz CT molecular complexity index is 486. The average Bonchev–Trinajstić information content (AvgIpc) is 2.39. The van der Waals surface area contributed by atoms with E-state index in [1.54, 1.807) is 6.07 Å². The van der Waals surface area contributed by atoms with Gasteiger partial charge in [-0.1, -0.05) is 46.8 Å². The summed E-state index contributed by atoms with van der Waals surface area (Å²) in [5.41, 5.74) is 2.28. The van der Waals surface area contributed by atoms with Gasteiger partial charge in [-0.3, -0.25) is 4.90 Å². The Labute approximate surface area is 140 Å². The van der Waals surface area contributed by atoms with Gasteiger partial charge in [-0.05, 0) is 28.9 Å². The molecular formula is C19H33NO3. The number of hydrogen-bond donors (Lipinski definition) is 3. The molecule has 132 valence electrons. The van der Waals surface area contributed by atoms with E-state index in [1.807, 2.05) is 11.0 Å². The predicted octanol–water partition coefficient (Wildman–Crippen LogP) is 2.89. The maximum Gasteiger partial charge on any atom is 0.120 e. The van der Waals surface area contributed by atoms with Gasteiger partial charge in [-0.15, -0.1) is 0 Å². The van der Waals surface area contributed by atoms with Crippen LogP contribution in [-0.2, 0) is 12.0 Å². The standard InChI is InChI=1S/C19H33NO3/c1-18(2,3)14-19(4,5)16-6-7-17(23)15(12-16)13-20(8-10-21)9-11-22/h6-7,12,21-23H,8-11,13-14H2,1-5H3. The number of benzene rings is 1. The van der Waals surface area contributed by atoms with Crippen LogP contribution in [0.1, 0.15) is 52.2 Å². The van der Waals surface area contributed by atoms with Gasteiger partial charge >= 0.3 is 0 Å². The number of phenolic OH excluding ortho intramolecular Hbond substituents is 1. The SMILES string of the molecule is CC(C)(C)CC(C)(C)c1ccc(O)c(CN(CCO)CCO)c1. The minimum absolute atomic E-state index is 0.0134. The highest BCUT2D eigenvalue weighted by molar-refractivity contribution is 5.39. The van der Waals surface area contributed by atoms with Gasteiger partial charge in [0, 0.05) is 25.2 Å². The molecule has 0 fully saturated rings. The van der Waals surface area contributed by atoms with Gasteiger partial charge in [0.25, 0.3) is 0 Å². The van der Waals surface area contributed by atoms with Crippen molar-refractivity contribution in [2.24, 2.45) is 5.41 Å². The maximum atomic E-state index is 10.2. The van der Waals surface area contributed by atoms with Crippen molar-refractivity contribution >= 4 is 0 Å². The van der Waals surface area contributed by atoms with E-state index in [4.69, 9.17) is 10.2 Å². The van der Waals surface area contributed by atoms with E-state index in [0.717, 1.165) is 12.0 Å². The highest BCUT2D eigenvalue weighted by atomic mass is 16.3. The molecule has 0 aliphatic rings. The first-order chi connectivity index (χ1) is 10.6. The topological polar surface area (TPSA) is 63.9 Å². The fourth-order valence-corrected chi connectivity index (χ4v) is 3.35. The van der Waals surface area contributed by atoms with Crippen LogP contribution in [-0.4, -0.2) is 46.5 Å². The van der Waals surface area contributed by atoms with Crippen LogP contribution in [0.4, 0.5) is 0 Å². The molecule has 0 aliphatic heterocycles. The Kier molecular flexibility index (Phi) is 7.05. The monoisotopic (exact) mass is 323 g/mol. The maximum absolute atomic E-state index is 10.2. The van der Waals surface area contributed by atoms with E-state index in [0.29, 0.717) is 19.6 Å². The zero-order valence-corrected chi connectivity index (χ0v) is 15.3. The second-order valence-corrected chi connectivity index (χ2v) is 8.19. The summed E-state index contributed by atoms with van der Waals surface area (Å²) in [7, 11) is 0. The lowest BCUT2D eigenvalue weighted by atomic mass is 9.72. The van der Waals surface area contributed by atoms with Gasteiger partial charge < -0.3 is 15.3 Å². The number of aromatic hydroxyl groups is 1. The molecule has 23 heavy (non-hydrogen) atoms. The van der Waals surface area contributed by atoms with Gasteiger partial charge in [0.2, 0.25) is 0 Å². The van der Waals surface area contributed by atoms with Crippen LogP contribution < -0.4 is 0 Å². The van der Waals surface area contributed by atoms with Gasteiger partial charge in [0.1, 0.15) is 5.75 Å². The predicted molar refractivity (Wildman–Crippen MR) is 94.7 cm³/mol. The Morgan fingerprint density at radius 2 is 1.52 bits per heavy atom. The summed E-state index contributed by atoms with van der Waals surface area (Å²) in [5, 5.41) is 28.4. The summed E-state index contributed by atoms with van der Waals surface area (Å²) < 4.78 is 0. The highest BCUT2D eigenvalue weighted by Crippen LogP contribution is 2.37. The van der Waals surface area contributed by atoms with Crippen molar-refractivity contribution in [2.45, 2.75) is 53.0 Å². The average molecular weight is 323 g/mol. The second kappa shape index (κ2) is 8.13. The van der Waals surface area contributed by atoms with Crippen LogP contribution in [0.15, 0.2) is 18.2 Å². The third-order valence-electron chi connectivity index (χ3n) is 4.06. The van der Waals surface area contributed by atoms with Crippen LogP contribution in [0.2, 0.25) is 0 Å². The molecule has 3 N–H and O–H groups in total. The molecular weight excluding hydrogens is 290 g/mol. The van der Waals surface area contributed by atoms with Crippen molar-refractivity contribution in [3.05, 3.63) is 29.3 Å². The minimum Gasteiger partial charge on any atom is -0.508 e. The van der Waals surface area contributed by atoms with Gasteiger partial charge in [0.15, 0.2) is 0 Å². The van der Waals surface area contributed by atoms with Crippen LogP contribution in [0, 0.1) is 5.41 Å². The summed E-state index contributed by atoms with van der Waals surface area (Å²) in [4.78, 5) is 1.94. The zero-order valence-electron chi connectivity index (χ0n) is 15.3. The fourth-order valence-electron chi connectivity index (χ4n) is 3.35. The van der Waals surface area contributed by atoms with Crippen LogP contribution in [0.25, 0.3) is 0 Å². The van der Waals surface area contributed by atoms with Crippen molar-refractivity contribution in [3.63, 3.8) is 0 Å². The van der Waals surface area contributed by atoms with Crippen molar-refractivity contribution in [1.82, 2.24) is 4.90 Å². The Morgan fingerprint density at radius 3 is 2.00 bits per heavy atom. The number of hydrogen-bond acceptors (Lipinski definition) is 4. The first-order valence-corrected chi connectivity index (χ1v) is 8.35. The zero-order chi connectivity index (χ0) is 17.7. The van der Waals surface area contributed by atoms with E-state index in [2.05, 4.69) is 40.7 Å². The number of aliphatic hydroxyl groups excluding tert-OH is 2. The first-order valence-electron chi connectivity index (χ1n) is 8.35. The van der Waals surface area contributed by atoms with Crippen LogP contribution in [0.3, 0.4) is 0 Å². The molecule has 1 aromatic carbocycles. The summed E-state index contributed by atoms with van der Waals surface area (Å²) in [6.45, 7) is 12.7. The third-order valence-corrected chi connectivity index (χ3v) is 4.06. The van der Waals surface area contributed by atoms with Gasteiger partial charge in [-0.2, -0.15) is 0 Å². The van der Waals surface area contributed by atoms with Crippen molar-refractivity contribution in [1.29, 1.82) is 0 Å². The summed E-state index contributed by atoms with van der Waals surface area (Å²) in [6, 6.07) is 5.81. The molecule has 0 aromatic heterocycles. The molecule has 4 heteroatoms. The molecule has 1 aromatic rings. The van der Waals surface area contributed by atoms with Crippen molar-refractivity contribution in [2.75, 3.05) is 26.3 Å². The van der Waals surface area contributed by atoms with Gasteiger partial charge in [-0.25, -0.2) is 0 Å². The van der Waals surface area contributed by atoms with E-state index >= 15 is 0 Å². The molecule has 0 spiro atoms. The highest BCUT2D eigenvalue weighted by Gasteiger charge is 2.27. The summed E-state index contributed by atoms with van der Waals surface area (Å²) in [5.74, 6) is 0.265. The van der Waals surface area contributed by atoms with Crippen LogP contribution in [0.5, 0.6) is 5.75 Å². The number of aliphatic hydroxyl groups is 2. The molecule has 1 rings (SSSR count). The molecule has 0 bridgehead atoms. The van der Waals surface area contributed by atoms with Crippen molar-refractivity contribution < 1.29 is 15.3 Å². The van der Waals surface area contributed by atoms with E-state index in [9.17, 15) is 5.11 Å². The summed E-state index contributed by atoms with van der Waals surface area (Å²) >= 11 is 0. The lowest BCUT2D eigenvalue weighted by molar-refractivity contribution is 0.155. The minimum atomic E-state index is 0.0134. The lowest BCUT2D eigenvalue weighted by Gasteiger charge is -2.33. The Balaban J connectivity index is 3.02. The first kappa shape index (κ1) is 19.9. The molecule has 0 unspecified atom stereocenters. The largest absolute Gasteiger partial charge is 0.508 e. The number of rotatable bonds is 8. The molecule has 0 saturated carbocycles. The molecule has 0 atom stereocenters. The molecule has 0 heterocycles. The third kappa shape index (κ3) is 6.50. The molecule has 0 aliphatic carbocycles. The van der Waals surface area contributed by atoms with E-state index in [1.165, 1.54) is 5.56 Å². The molecule has 4 nitrogen and oxygen atoms in total. The summed E-state index contributed by atoms with van der Waals surface area (Å²) in [6.07, 6.45) is 1.04. The molecule has 0 radical (unpaired) electrons.